The molecule has 0 saturated heterocycles. The molecule has 0 radical (unpaired) electrons. The Morgan fingerprint density at radius 3 is 2.65 bits per heavy atom. The Kier molecular flexibility index (Phi) is 3.18. The Morgan fingerprint density at radius 2 is 1.85 bits per heavy atom. The summed E-state index contributed by atoms with van der Waals surface area (Å²) < 4.78 is 5.78. The maximum absolute atomic E-state index is 12.8. The number of amides is 1. The van der Waals surface area contributed by atoms with E-state index in [0.29, 0.717) is 6.54 Å². The highest BCUT2D eigenvalue weighted by Crippen LogP contribution is 2.34. The topological polar surface area (TPSA) is 29.5 Å². The summed E-state index contributed by atoms with van der Waals surface area (Å²) in [7, 11) is 0. The van der Waals surface area contributed by atoms with Gasteiger partial charge in [0, 0.05) is 5.56 Å². The molecule has 2 aromatic rings. The molecule has 1 amide bonds. The van der Waals surface area contributed by atoms with Crippen LogP contribution in [0.4, 0.5) is 5.69 Å². The molecule has 0 spiro atoms. The first kappa shape index (κ1) is 12.7. The Hall–Kier alpha value is -2.29. The van der Waals surface area contributed by atoms with Gasteiger partial charge in [0.2, 0.25) is 0 Å². The number of benzene rings is 2. The highest BCUT2D eigenvalue weighted by Gasteiger charge is 2.28. The van der Waals surface area contributed by atoms with Crippen LogP contribution in [0.3, 0.4) is 0 Å². The average Bonchev–Trinajstić information content (AvgIpc) is 2.46. The van der Waals surface area contributed by atoms with Crippen LogP contribution in [0.2, 0.25) is 0 Å². The number of rotatable bonds is 1. The minimum absolute atomic E-state index is 0.00197. The van der Waals surface area contributed by atoms with Crippen LogP contribution in [0.25, 0.3) is 0 Å². The van der Waals surface area contributed by atoms with E-state index >= 15 is 0 Å². The molecule has 0 N–H and O–H groups in total. The lowest BCUT2D eigenvalue weighted by atomic mass is 10.1. The van der Waals surface area contributed by atoms with E-state index in [0.717, 1.165) is 22.6 Å². The fraction of sp³-hybridized carbons (Fsp3) is 0.235. The van der Waals surface area contributed by atoms with Gasteiger partial charge in [-0.3, -0.25) is 4.79 Å². The van der Waals surface area contributed by atoms with Crippen molar-refractivity contribution >= 4 is 11.6 Å². The van der Waals surface area contributed by atoms with Gasteiger partial charge in [-0.05, 0) is 37.6 Å². The molecule has 1 aliphatic heterocycles. The summed E-state index contributed by atoms with van der Waals surface area (Å²) in [5, 5.41) is 0. The molecule has 102 valence electrons. The number of aryl methyl sites for hydroxylation is 1. The molecular formula is C17H17NO2. The number of fused-ring (bicyclic) bond motifs is 1. The predicted octanol–water partition coefficient (Wildman–Crippen LogP) is 3.42. The standard InChI is InChI=1S/C17H17NO2/c1-12-7-3-4-8-14(12)17(19)18-11-13(2)20-16-10-6-5-9-15(16)18/h3-10,13H,11H2,1-2H3. The second kappa shape index (κ2) is 5.00. The zero-order valence-corrected chi connectivity index (χ0v) is 11.7. The van der Waals surface area contributed by atoms with E-state index < -0.39 is 0 Å². The second-order valence-electron chi connectivity index (χ2n) is 5.13. The number of hydrogen-bond acceptors (Lipinski definition) is 2. The van der Waals surface area contributed by atoms with E-state index in [9.17, 15) is 4.79 Å². The number of anilines is 1. The molecule has 3 rings (SSSR count). The van der Waals surface area contributed by atoms with Crippen molar-refractivity contribution in [1.82, 2.24) is 0 Å². The molecule has 0 aromatic heterocycles. The molecule has 1 aliphatic rings. The first-order valence-corrected chi connectivity index (χ1v) is 6.80. The zero-order valence-electron chi connectivity index (χ0n) is 11.7. The highest BCUT2D eigenvalue weighted by atomic mass is 16.5. The van der Waals surface area contributed by atoms with Gasteiger partial charge in [0.1, 0.15) is 11.9 Å². The summed E-state index contributed by atoms with van der Waals surface area (Å²) in [6, 6.07) is 15.4. The number of nitrogens with zero attached hydrogens (tertiary/aromatic N) is 1. The highest BCUT2D eigenvalue weighted by molar-refractivity contribution is 6.08. The van der Waals surface area contributed by atoms with Crippen LogP contribution < -0.4 is 9.64 Å². The van der Waals surface area contributed by atoms with E-state index in [-0.39, 0.29) is 12.0 Å². The number of carbonyl (C=O) groups excluding carboxylic acids is 1. The normalized spacial score (nSPS) is 17.3. The van der Waals surface area contributed by atoms with Gasteiger partial charge in [-0.25, -0.2) is 0 Å². The van der Waals surface area contributed by atoms with Gasteiger partial charge in [0.25, 0.3) is 5.91 Å². The van der Waals surface area contributed by atoms with Crippen LogP contribution in [-0.2, 0) is 0 Å². The maximum atomic E-state index is 12.8. The quantitative estimate of drug-likeness (QED) is 0.792. The fourth-order valence-corrected chi connectivity index (χ4v) is 2.54. The Morgan fingerprint density at radius 1 is 1.15 bits per heavy atom. The number of ether oxygens (including phenoxy) is 1. The fourth-order valence-electron chi connectivity index (χ4n) is 2.54. The van der Waals surface area contributed by atoms with E-state index in [1.807, 2.05) is 67.3 Å². The molecule has 0 bridgehead atoms. The van der Waals surface area contributed by atoms with Crippen molar-refractivity contribution in [2.45, 2.75) is 20.0 Å². The van der Waals surface area contributed by atoms with E-state index in [2.05, 4.69) is 0 Å². The molecule has 1 heterocycles. The summed E-state index contributed by atoms with van der Waals surface area (Å²) in [5.41, 5.74) is 2.59. The lowest BCUT2D eigenvalue weighted by Crippen LogP contribution is -2.42. The number of carbonyl (C=O) groups is 1. The summed E-state index contributed by atoms with van der Waals surface area (Å²) in [6.45, 7) is 4.52. The average molecular weight is 267 g/mol. The van der Waals surface area contributed by atoms with Crippen molar-refractivity contribution in [3.8, 4) is 5.75 Å². The lowest BCUT2D eigenvalue weighted by Gasteiger charge is -2.33. The molecule has 0 saturated carbocycles. The van der Waals surface area contributed by atoms with Crippen molar-refractivity contribution in [3.63, 3.8) is 0 Å². The van der Waals surface area contributed by atoms with Gasteiger partial charge < -0.3 is 9.64 Å². The first-order valence-electron chi connectivity index (χ1n) is 6.80. The SMILES string of the molecule is Cc1ccccc1C(=O)N1CC(C)Oc2ccccc21. The van der Waals surface area contributed by atoms with Crippen LogP contribution in [0.15, 0.2) is 48.5 Å². The molecular weight excluding hydrogens is 250 g/mol. The van der Waals surface area contributed by atoms with Crippen molar-refractivity contribution in [2.24, 2.45) is 0 Å². The molecule has 20 heavy (non-hydrogen) atoms. The lowest BCUT2D eigenvalue weighted by molar-refractivity contribution is 0.0960. The van der Waals surface area contributed by atoms with Gasteiger partial charge in [0.05, 0.1) is 12.2 Å². The van der Waals surface area contributed by atoms with Gasteiger partial charge in [-0.1, -0.05) is 30.3 Å². The summed E-state index contributed by atoms with van der Waals surface area (Å²) in [6.07, 6.45) is -0.00197. The van der Waals surface area contributed by atoms with Gasteiger partial charge in [-0.2, -0.15) is 0 Å². The summed E-state index contributed by atoms with van der Waals surface area (Å²) in [5.74, 6) is 0.805. The summed E-state index contributed by atoms with van der Waals surface area (Å²) >= 11 is 0. The maximum Gasteiger partial charge on any atom is 0.258 e. The molecule has 0 fully saturated rings. The van der Waals surface area contributed by atoms with Crippen LogP contribution >= 0.6 is 0 Å². The minimum atomic E-state index is -0.00197. The third-order valence-corrected chi connectivity index (χ3v) is 3.54. The molecule has 3 heteroatoms. The minimum Gasteiger partial charge on any atom is -0.487 e. The monoisotopic (exact) mass is 267 g/mol. The smallest absolute Gasteiger partial charge is 0.258 e. The molecule has 3 nitrogen and oxygen atoms in total. The van der Waals surface area contributed by atoms with E-state index in [4.69, 9.17) is 4.74 Å². The van der Waals surface area contributed by atoms with Crippen LogP contribution in [0.1, 0.15) is 22.8 Å². The largest absolute Gasteiger partial charge is 0.487 e. The second-order valence-corrected chi connectivity index (χ2v) is 5.13. The Bertz CT molecular complexity index is 651. The van der Waals surface area contributed by atoms with Crippen molar-refractivity contribution in [3.05, 3.63) is 59.7 Å². The van der Waals surface area contributed by atoms with Crippen LogP contribution in [0, 0.1) is 6.92 Å². The Labute approximate surface area is 118 Å². The van der Waals surface area contributed by atoms with E-state index in [1.54, 1.807) is 0 Å². The zero-order chi connectivity index (χ0) is 14.1. The van der Waals surface area contributed by atoms with Crippen LogP contribution in [-0.4, -0.2) is 18.6 Å². The molecule has 1 unspecified atom stereocenters. The third-order valence-electron chi connectivity index (χ3n) is 3.54. The predicted molar refractivity (Wildman–Crippen MR) is 79.4 cm³/mol. The van der Waals surface area contributed by atoms with Gasteiger partial charge in [-0.15, -0.1) is 0 Å². The van der Waals surface area contributed by atoms with Crippen molar-refractivity contribution < 1.29 is 9.53 Å². The molecule has 0 aliphatic carbocycles. The van der Waals surface area contributed by atoms with Crippen LogP contribution in [0.5, 0.6) is 5.75 Å². The van der Waals surface area contributed by atoms with Crippen molar-refractivity contribution in [2.75, 3.05) is 11.4 Å². The van der Waals surface area contributed by atoms with Crippen molar-refractivity contribution in [1.29, 1.82) is 0 Å². The first-order chi connectivity index (χ1) is 9.66. The van der Waals surface area contributed by atoms with E-state index in [1.165, 1.54) is 0 Å². The molecule has 2 aromatic carbocycles. The van der Waals surface area contributed by atoms with Gasteiger partial charge in [0.15, 0.2) is 0 Å². The number of hydrogen-bond donors (Lipinski definition) is 0. The molecule has 1 atom stereocenters. The van der Waals surface area contributed by atoms with Gasteiger partial charge >= 0.3 is 0 Å². The number of para-hydroxylation sites is 2. The third kappa shape index (κ3) is 2.16. The summed E-state index contributed by atoms with van der Waals surface area (Å²) in [4.78, 5) is 14.6. The Balaban J connectivity index is 2.02.